The number of hydrogen-bond donors (Lipinski definition) is 0. The van der Waals surface area contributed by atoms with E-state index in [1.165, 1.54) is 19.4 Å². The van der Waals surface area contributed by atoms with Gasteiger partial charge in [0, 0.05) is 26.7 Å². The van der Waals surface area contributed by atoms with Crippen molar-refractivity contribution < 1.29 is 0 Å². The van der Waals surface area contributed by atoms with Crippen LogP contribution in [0.4, 0.5) is 0 Å². The standard InChI is InChI=1S/C10H19N3/c1-12(2)7-11-10-8-4-5-9(10)13(3)6-8/h7-10H,4-6H2,1-3H3/t8-,9-,10?/m1/s1. The molecule has 0 N–H and O–H groups in total. The molecule has 2 bridgehead atoms. The number of likely N-dealkylation sites (N-methyl/N-ethyl adjacent to an activating group) is 1. The summed E-state index contributed by atoms with van der Waals surface area (Å²) in [6.07, 6.45) is 4.69. The monoisotopic (exact) mass is 181 g/mol. The van der Waals surface area contributed by atoms with Crippen LogP contribution in [-0.2, 0) is 0 Å². The zero-order valence-electron chi connectivity index (χ0n) is 8.77. The lowest BCUT2D eigenvalue weighted by atomic mass is 10.1. The molecule has 13 heavy (non-hydrogen) atoms. The predicted octanol–water partition coefficient (Wildman–Crippen LogP) is 0.669. The summed E-state index contributed by atoms with van der Waals surface area (Å²) in [5, 5.41) is 0. The van der Waals surface area contributed by atoms with Gasteiger partial charge in [0.25, 0.3) is 0 Å². The molecule has 0 spiro atoms. The van der Waals surface area contributed by atoms with Crippen molar-refractivity contribution in [2.75, 3.05) is 27.7 Å². The van der Waals surface area contributed by atoms with E-state index in [4.69, 9.17) is 0 Å². The number of piperidine rings is 1. The smallest absolute Gasteiger partial charge is 0.0848 e. The molecule has 74 valence electrons. The highest BCUT2D eigenvalue weighted by Crippen LogP contribution is 2.38. The lowest BCUT2D eigenvalue weighted by Gasteiger charge is -2.21. The lowest BCUT2D eigenvalue weighted by Crippen LogP contribution is -2.30. The van der Waals surface area contributed by atoms with Gasteiger partial charge in [-0.25, -0.2) is 0 Å². The van der Waals surface area contributed by atoms with Crippen molar-refractivity contribution in [3.8, 4) is 0 Å². The summed E-state index contributed by atoms with van der Waals surface area (Å²) in [6.45, 7) is 1.25. The molecule has 1 aliphatic carbocycles. The molecule has 3 atom stereocenters. The zero-order chi connectivity index (χ0) is 9.42. The van der Waals surface area contributed by atoms with Gasteiger partial charge in [0.1, 0.15) is 0 Å². The van der Waals surface area contributed by atoms with Crippen LogP contribution in [0.1, 0.15) is 12.8 Å². The van der Waals surface area contributed by atoms with Gasteiger partial charge < -0.3 is 9.80 Å². The number of rotatable bonds is 2. The van der Waals surface area contributed by atoms with Crippen LogP contribution in [0.5, 0.6) is 0 Å². The second kappa shape index (κ2) is 3.29. The molecule has 0 aromatic carbocycles. The fraction of sp³-hybridized carbons (Fsp3) is 0.900. The third-order valence-electron chi connectivity index (χ3n) is 3.27. The first kappa shape index (κ1) is 9.00. The first-order valence-electron chi connectivity index (χ1n) is 5.08. The quantitative estimate of drug-likeness (QED) is 0.460. The van der Waals surface area contributed by atoms with E-state index in [1.807, 2.05) is 25.3 Å². The molecular formula is C10H19N3. The molecule has 2 rings (SSSR count). The predicted molar refractivity (Wildman–Crippen MR) is 55.1 cm³/mol. The van der Waals surface area contributed by atoms with Crippen LogP contribution in [0.25, 0.3) is 0 Å². The number of likely N-dealkylation sites (tertiary alicyclic amines) is 1. The Bertz CT molecular complexity index is 212. The highest BCUT2D eigenvalue weighted by Gasteiger charge is 2.44. The SMILES string of the molecule is CN(C)C=NC1[C@@H]2CC[C@H]1N(C)C2. The molecule has 0 radical (unpaired) electrons. The first-order valence-corrected chi connectivity index (χ1v) is 5.08. The number of aliphatic imine (C=N–C) groups is 1. The molecule has 1 aliphatic heterocycles. The second-order valence-electron chi connectivity index (χ2n) is 4.56. The van der Waals surface area contributed by atoms with Crippen molar-refractivity contribution in [1.29, 1.82) is 0 Å². The summed E-state index contributed by atoms with van der Waals surface area (Å²) in [6, 6.07) is 1.30. The Balaban J connectivity index is 2.01. The average Bonchev–Trinajstić information content (AvgIpc) is 2.56. The molecule has 2 aliphatic rings. The molecule has 0 aromatic rings. The maximum Gasteiger partial charge on any atom is 0.0848 e. The molecule has 3 heteroatoms. The van der Waals surface area contributed by atoms with Crippen molar-refractivity contribution >= 4 is 6.34 Å². The minimum Gasteiger partial charge on any atom is -0.369 e. The van der Waals surface area contributed by atoms with Crippen LogP contribution < -0.4 is 0 Å². The van der Waals surface area contributed by atoms with Gasteiger partial charge in [0.2, 0.25) is 0 Å². The van der Waals surface area contributed by atoms with E-state index in [-0.39, 0.29) is 0 Å². The minimum atomic E-state index is 0.576. The van der Waals surface area contributed by atoms with Gasteiger partial charge in [0.05, 0.1) is 12.4 Å². The Labute approximate surface area is 80.4 Å². The van der Waals surface area contributed by atoms with Crippen LogP contribution >= 0.6 is 0 Å². The lowest BCUT2D eigenvalue weighted by molar-refractivity contribution is 0.259. The van der Waals surface area contributed by atoms with Crippen LogP contribution in [0, 0.1) is 5.92 Å². The molecule has 1 saturated carbocycles. The molecule has 3 nitrogen and oxygen atoms in total. The van der Waals surface area contributed by atoms with E-state index < -0.39 is 0 Å². The molecular weight excluding hydrogens is 162 g/mol. The largest absolute Gasteiger partial charge is 0.369 e. The third-order valence-corrected chi connectivity index (χ3v) is 3.27. The Morgan fingerprint density at radius 3 is 2.62 bits per heavy atom. The van der Waals surface area contributed by atoms with Gasteiger partial charge in [-0.05, 0) is 25.8 Å². The number of hydrogen-bond acceptors (Lipinski definition) is 2. The minimum absolute atomic E-state index is 0.576. The first-order chi connectivity index (χ1) is 6.18. The topological polar surface area (TPSA) is 18.8 Å². The third kappa shape index (κ3) is 1.57. The van der Waals surface area contributed by atoms with E-state index >= 15 is 0 Å². The Morgan fingerprint density at radius 1 is 1.38 bits per heavy atom. The van der Waals surface area contributed by atoms with Gasteiger partial charge in [-0.15, -0.1) is 0 Å². The number of nitrogens with zero attached hydrogens (tertiary/aromatic N) is 3. The van der Waals surface area contributed by atoms with E-state index in [0.717, 1.165) is 12.0 Å². The summed E-state index contributed by atoms with van der Waals surface area (Å²) in [4.78, 5) is 9.15. The van der Waals surface area contributed by atoms with Crippen LogP contribution in [0.15, 0.2) is 4.99 Å². The van der Waals surface area contributed by atoms with Crippen molar-refractivity contribution in [3.63, 3.8) is 0 Å². The Kier molecular flexibility index (Phi) is 2.28. The summed E-state index contributed by atoms with van der Waals surface area (Å²) >= 11 is 0. The normalized spacial score (nSPS) is 39.2. The van der Waals surface area contributed by atoms with Gasteiger partial charge in [-0.3, -0.25) is 4.99 Å². The maximum atomic E-state index is 4.66. The zero-order valence-corrected chi connectivity index (χ0v) is 8.77. The highest BCUT2D eigenvalue weighted by molar-refractivity contribution is 5.54. The van der Waals surface area contributed by atoms with Crippen LogP contribution in [0.2, 0.25) is 0 Å². The fourth-order valence-corrected chi connectivity index (χ4v) is 2.66. The van der Waals surface area contributed by atoms with Gasteiger partial charge in [-0.1, -0.05) is 0 Å². The van der Waals surface area contributed by atoms with Crippen molar-refractivity contribution in [3.05, 3.63) is 0 Å². The molecule has 1 unspecified atom stereocenters. The van der Waals surface area contributed by atoms with E-state index in [0.29, 0.717) is 6.04 Å². The van der Waals surface area contributed by atoms with E-state index in [1.54, 1.807) is 0 Å². The summed E-state index contributed by atoms with van der Waals surface area (Å²) in [7, 11) is 6.29. The Hall–Kier alpha value is -0.570. The van der Waals surface area contributed by atoms with Gasteiger partial charge in [0.15, 0.2) is 0 Å². The molecule has 1 heterocycles. The molecule has 2 fully saturated rings. The van der Waals surface area contributed by atoms with Gasteiger partial charge >= 0.3 is 0 Å². The second-order valence-corrected chi connectivity index (χ2v) is 4.56. The van der Waals surface area contributed by atoms with Gasteiger partial charge in [-0.2, -0.15) is 0 Å². The molecule has 0 aromatic heterocycles. The fourth-order valence-electron chi connectivity index (χ4n) is 2.66. The van der Waals surface area contributed by atoms with E-state index in [2.05, 4.69) is 16.9 Å². The molecule has 0 amide bonds. The van der Waals surface area contributed by atoms with Crippen LogP contribution in [-0.4, -0.2) is 55.9 Å². The summed E-state index contributed by atoms with van der Waals surface area (Å²) in [5.41, 5.74) is 0. The molecule has 1 saturated heterocycles. The summed E-state index contributed by atoms with van der Waals surface area (Å²) < 4.78 is 0. The van der Waals surface area contributed by atoms with Crippen molar-refractivity contribution in [1.82, 2.24) is 9.80 Å². The van der Waals surface area contributed by atoms with Crippen LogP contribution in [0.3, 0.4) is 0 Å². The average molecular weight is 181 g/mol. The van der Waals surface area contributed by atoms with Crippen molar-refractivity contribution in [2.45, 2.75) is 24.9 Å². The van der Waals surface area contributed by atoms with Crippen molar-refractivity contribution in [2.24, 2.45) is 10.9 Å². The maximum absolute atomic E-state index is 4.66. The Morgan fingerprint density at radius 2 is 2.15 bits per heavy atom. The summed E-state index contributed by atoms with van der Waals surface area (Å²) in [5.74, 6) is 0.825. The highest BCUT2D eigenvalue weighted by atomic mass is 15.2. The van der Waals surface area contributed by atoms with E-state index in [9.17, 15) is 0 Å². The number of fused-ring (bicyclic) bond motifs is 2.